The van der Waals surface area contributed by atoms with Crippen LogP contribution in [0.1, 0.15) is 57.9 Å². The smallest absolute Gasteiger partial charge is 0.0408 e. The van der Waals surface area contributed by atoms with Gasteiger partial charge in [0.15, 0.2) is 0 Å². The topological polar surface area (TPSA) is 12.0 Å². The van der Waals surface area contributed by atoms with Crippen molar-refractivity contribution in [1.29, 1.82) is 0 Å². The Morgan fingerprint density at radius 1 is 1.11 bits per heavy atom. The fourth-order valence-electron chi connectivity index (χ4n) is 2.39. The van der Waals surface area contributed by atoms with Crippen LogP contribution < -0.4 is 5.32 Å². The predicted octanol–water partition coefficient (Wildman–Crippen LogP) is 5.22. The molecule has 0 saturated heterocycles. The normalized spacial score (nSPS) is 12.6. The number of hydrogen-bond acceptors (Lipinski definition) is 1. The van der Waals surface area contributed by atoms with E-state index in [4.69, 9.17) is 11.6 Å². The van der Waals surface area contributed by atoms with E-state index in [-0.39, 0.29) is 0 Å². The first-order valence-electron chi connectivity index (χ1n) is 7.74. The molecular weight excluding hydrogens is 254 g/mol. The fraction of sp³-hybridized carbons (Fsp3) is 0.647. The van der Waals surface area contributed by atoms with Gasteiger partial charge in [0.2, 0.25) is 0 Å². The molecule has 0 aliphatic heterocycles. The Bertz CT molecular complexity index is 338. The number of nitrogens with one attached hydrogen (secondary N) is 1. The summed E-state index contributed by atoms with van der Waals surface area (Å²) in [6.45, 7) is 5.60. The second-order valence-corrected chi connectivity index (χ2v) is 5.77. The van der Waals surface area contributed by atoms with Gasteiger partial charge in [-0.1, -0.05) is 63.3 Å². The summed E-state index contributed by atoms with van der Waals surface area (Å²) in [6, 6.07) is 8.86. The highest BCUT2D eigenvalue weighted by molar-refractivity contribution is 6.30. The Labute approximate surface area is 123 Å². The zero-order valence-corrected chi connectivity index (χ0v) is 13.2. The molecule has 1 nitrogen and oxygen atoms in total. The molecule has 1 atom stereocenters. The summed E-state index contributed by atoms with van der Waals surface area (Å²) in [7, 11) is 0. The van der Waals surface area contributed by atoms with Gasteiger partial charge < -0.3 is 5.32 Å². The van der Waals surface area contributed by atoms with Crippen molar-refractivity contribution in [3.05, 3.63) is 34.9 Å². The molecule has 1 aromatic rings. The van der Waals surface area contributed by atoms with Crippen LogP contribution in [-0.2, 0) is 6.42 Å². The van der Waals surface area contributed by atoms with Crippen molar-refractivity contribution < 1.29 is 0 Å². The molecule has 1 unspecified atom stereocenters. The maximum Gasteiger partial charge on any atom is 0.0408 e. The van der Waals surface area contributed by atoms with Gasteiger partial charge in [0.05, 0.1) is 0 Å². The molecule has 0 fully saturated rings. The highest BCUT2D eigenvalue weighted by Crippen LogP contribution is 2.15. The van der Waals surface area contributed by atoms with Gasteiger partial charge >= 0.3 is 0 Å². The number of hydrogen-bond donors (Lipinski definition) is 1. The average Bonchev–Trinajstić information content (AvgIpc) is 2.40. The number of unbranched alkanes of at least 4 members (excludes halogenated alkanes) is 3. The second kappa shape index (κ2) is 10.3. The molecule has 0 heterocycles. The molecule has 1 rings (SSSR count). The lowest BCUT2D eigenvalue weighted by Gasteiger charge is -2.18. The summed E-state index contributed by atoms with van der Waals surface area (Å²) in [5.41, 5.74) is 1.34. The molecule has 0 spiro atoms. The lowest BCUT2D eigenvalue weighted by Crippen LogP contribution is -2.31. The average molecular weight is 282 g/mol. The van der Waals surface area contributed by atoms with E-state index in [1.54, 1.807) is 0 Å². The van der Waals surface area contributed by atoms with Crippen LogP contribution in [0, 0.1) is 0 Å². The van der Waals surface area contributed by atoms with Gasteiger partial charge in [-0.2, -0.15) is 0 Å². The molecule has 1 aromatic carbocycles. The van der Waals surface area contributed by atoms with Crippen LogP contribution >= 0.6 is 11.6 Å². The van der Waals surface area contributed by atoms with Gasteiger partial charge in [-0.15, -0.1) is 0 Å². The molecule has 0 aromatic heterocycles. The van der Waals surface area contributed by atoms with E-state index in [9.17, 15) is 0 Å². The van der Waals surface area contributed by atoms with E-state index in [0.717, 1.165) is 18.0 Å². The van der Waals surface area contributed by atoms with E-state index >= 15 is 0 Å². The van der Waals surface area contributed by atoms with Gasteiger partial charge in [0, 0.05) is 11.1 Å². The van der Waals surface area contributed by atoms with Crippen LogP contribution in [0.5, 0.6) is 0 Å². The third-order valence-corrected chi connectivity index (χ3v) is 3.70. The minimum atomic E-state index is 0.593. The predicted molar refractivity (Wildman–Crippen MR) is 86.0 cm³/mol. The molecule has 1 N–H and O–H groups in total. The van der Waals surface area contributed by atoms with E-state index in [1.165, 1.54) is 44.1 Å². The van der Waals surface area contributed by atoms with Crippen molar-refractivity contribution in [2.45, 2.75) is 64.8 Å². The maximum atomic E-state index is 6.06. The van der Waals surface area contributed by atoms with Gasteiger partial charge in [-0.3, -0.25) is 0 Å². The van der Waals surface area contributed by atoms with Crippen molar-refractivity contribution in [2.24, 2.45) is 0 Å². The van der Waals surface area contributed by atoms with Crippen molar-refractivity contribution in [3.63, 3.8) is 0 Å². The molecule has 0 aliphatic rings. The summed E-state index contributed by atoms with van der Waals surface area (Å²) in [6.07, 6.45) is 8.91. The highest BCUT2D eigenvalue weighted by atomic mass is 35.5. The Kier molecular flexibility index (Phi) is 8.94. The van der Waals surface area contributed by atoms with E-state index in [0.29, 0.717) is 6.04 Å². The monoisotopic (exact) mass is 281 g/mol. The van der Waals surface area contributed by atoms with E-state index < -0.39 is 0 Å². The van der Waals surface area contributed by atoms with Crippen molar-refractivity contribution in [1.82, 2.24) is 5.32 Å². The van der Waals surface area contributed by atoms with Crippen molar-refractivity contribution >= 4 is 11.6 Å². The fourth-order valence-corrected chi connectivity index (χ4v) is 2.60. The zero-order valence-electron chi connectivity index (χ0n) is 12.4. The van der Waals surface area contributed by atoms with Crippen LogP contribution in [0.3, 0.4) is 0 Å². The first-order valence-corrected chi connectivity index (χ1v) is 8.11. The van der Waals surface area contributed by atoms with Gasteiger partial charge in [-0.05, 0) is 43.5 Å². The first-order chi connectivity index (χ1) is 9.26. The quantitative estimate of drug-likeness (QED) is 0.580. The van der Waals surface area contributed by atoms with Crippen molar-refractivity contribution in [3.8, 4) is 0 Å². The zero-order chi connectivity index (χ0) is 13.9. The number of rotatable bonds is 10. The van der Waals surface area contributed by atoms with Crippen molar-refractivity contribution in [2.75, 3.05) is 6.54 Å². The minimum absolute atomic E-state index is 0.593. The highest BCUT2D eigenvalue weighted by Gasteiger charge is 2.08. The summed E-state index contributed by atoms with van der Waals surface area (Å²) in [4.78, 5) is 0. The molecule has 19 heavy (non-hydrogen) atoms. The van der Waals surface area contributed by atoms with Crippen LogP contribution in [0.15, 0.2) is 24.3 Å². The third kappa shape index (κ3) is 7.59. The van der Waals surface area contributed by atoms with Crippen LogP contribution in [0.2, 0.25) is 5.02 Å². The maximum absolute atomic E-state index is 6.06. The standard InChI is InChI=1S/C17H28ClN/c1-3-5-6-7-11-17(19-12-4-2)14-15-9-8-10-16(18)13-15/h8-10,13,17,19H,3-7,11-12,14H2,1-2H3. The van der Waals surface area contributed by atoms with Crippen LogP contribution in [0.4, 0.5) is 0 Å². The molecule has 0 amide bonds. The SMILES string of the molecule is CCCCCCC(Cc1cccc(Cl)c1)NCCC. The largest absolute Gasteiger partial charge is 0.314 e. The lowest BCUT2D eigenvalue weighted by molar-refractivity contribution is 0.453. The Morgan fingerprint density at radius 3 is 2.63 bits per heavy atom. The Hall–Kier alpha value is -0.530. The number of benzene rings is 1. The first kappa shape index (κ1) is 16.5. The van der Waals surface area contributed by atoms with Crippen LogP contribution in [-0.4, -0.2) is 12.6 Å². The summed E-state index contributed by atoms with van der Waals surface area (Å²) < 4.78 is 0. The molecule has 2 heteroatoms. The Balaban J connectivity index is 2.43. The van der Waals surface area contributed by atoms with Gasteiger partial charge in [-0.25, -0.2) is 0 Å². The molecule has 108 valence electrons. The molecular formula is C17H28ClN. The summed E-state index contributed by atoms with van der Waals surface area (Å²) in [5, 5.41) is 4.52. The van der Waals surface area contributed by atoms with E-state index in [1.807, 2.05) is 12.1 Å². The molecule has 0 bridgehead atoms. The summed E-state index contributed by atoms with van der Waals surface area (Å²) in [5.74, 6) is 0. The van der Waals surface area contributed by atoms with E-state index in [2.05, 4.69) is 31.3 Å². The van der Waals surface area contributed by atoms with Gasteiger partial charge in [0.25, 0.3) is 0 Å². The summed E-state index contributed by atoms with van der Waals surface area (Å²) >= 11 is 6.06. The van der Waals surface area contributed by atoms with Crippen LogP contribution in [0.25, 0.3) is 0 Å². The second-order valence-electron chi connectivity index (χ2n) is 5.33. The lowest BCUT2D eigenvalue weighted by atomic mass is 10.00. The number of halogens is 1. The molecule has 0 saturated carbocycles. The minimum Gasteiger partial charge on any atom is -0.314 e. The molecule has 0 radical (unpaired) electrons. The Morgan fingerprint density at radius 2 is 1.95 bits per heavy atom. The van der Waals surface area contributed by atoms with Gasteiger partial charge in [0.1, 0.15) is 0 Å². The third-order valence-electron chi connectivity index (χ3n) is 3.46. The molecule has 0 aliphatic carbocycles.